The molecule has 0 aliphatic heterocycles. The summed E-state index contributed by atoms with van der Waals surface area (Å²) in [6.07, 6.45) is 5.19. The van der Waals surface area contributed by atoms with Crippen LogP contribution in [0.25, 0.3) is 0 Å². The van der Waals surface area contributed by atoms with Gasteiger partial charge in [-0.25, -0.2) is 0 Å². The summed E-state index contributed by atoms with van der Waals surface area (Å²) in [4.78, 5) is 2.45. The second-order valence-corrected chi connectivity index (χ2v) is 6.51. The van der Waals surface area contributed by atoms with E-state index in [1.807, 2.05) is 0 Å². The van der Waals surface area contributed by atoms with Gasteiger partial charge in [-0.2, -0.15) is 0 Å². The van der Waals surface area contributed by atoms with Gasteiger partial charge in [0.05, 0.1) is 39.8 Å². The van der Waals surface area contributed by atoms with Gasteiger partial charge in [-0.15, -0.1) is 0 Å². The van der Waals surface area contributed by atoms with E-state index in [1.54, 1.807) is 0 Å². The first-order chi connectivity index (χ1) is 11.0. The third-order valence-electron chi connectivity index (χ3n) is 4.65. The van der Waals surface area contributed by atoms with Gasteiger partial charge in [-0.3, -0.25) is 0 Å². The van der Waals surface area contributed by atoms with Gasteiger partial charge in [0.1, 0.15) is 0 Å². The maximum absolute atomic E-state index is 2.45. The predicted octanol–water partition coefficient (Wildman–Crippen LogP) is 3.60. The molecule has 0 aromatic rings. The van der Waals surface area contributed by atoms with Gasteiger partial charge in [0, 0.05) is 6.54 Å². The van der Waals surface area contributed by atoms with Gasteiger partial charge < -0.3 is 14.7 Å². The maximum atomic E-state index is 2.45. The Balaban J connectivity index is -0.000000365. The monoisotopic (exact) mass is 333 g/mol. The molecule has 0 spiro atoms. The zero-order chi connectivity index (χ0) is 18.6. The van der Waals surface area contributed by atoms with Crippen molar-refractivity contribution in [1.29, 1.82) is 0 Å². The van der Waals surface area contributed by atoms with Crippen molar-refractivity contribution in [1.82, 2.24) is 4.90 Å². The van der Waals surface area contributed by atoms with Crippen LogP contribution in [0.3, 0.4) is 0 Å². The normalized spacial score (nSPS) is 10.7. The van der Waals surface area contributed by atoms with E-state index in [-0.39, 0.29) is 0 Å². The third-order valence-corrected chi connectivity index (χ3v) is 4.65. The van der Waals surface area contributed by atoms with Crippen molar-refractivity contribution in [3.05, 3.63) is 0 Å². The molecule has 144 valence electrons. The molecule has 0 heterocycles. The van der Waals surface area contributed by atoms with Gasteiger partial charge in [-0.05, 0) is 47.2 Å². The average Bonchev–Trinajstić information content (AvgIpc) is 2.58. The SMILES string of the molecule is CCCC.CCCN(C)CC[N+](CC)(CC)CC.CCC[NH2+]C. The van der Waals surface area contributed by atoms with E-state index < -0.39 is 0 Å². The van der Waals surface area contributed by atoms with Crippen LogP contribution >= 0.6 is 0 Å². The van der Waals surface area contributed by atoms with Crippen molar-refractivity contribution in [2.75, 3.05) is 59.9 Å². The van der Waals surface area contributed by atoms with Crippen LogP contribution in [0.2, 0.25) is 0 Å². The molecule has 2 N–H and O–H groups in total. The second kappa shape index (κ2) is 21.9. The van der Waals surface area contributed by atoms with Crippen LogP contribution < -0.4 is 5.32 Å². The lowest BCUT2D eigenvalue weighted by Gasteiger charge is -2.37. The minimum absolute atomic E-state index is 1.23. The van der Waals surface area contributed by atoms with Crippen LogP contribution in [0.1, 0.15) is 74.1 Å². The highest BCUT2D eigenvalue weighted by atomic mass is 15.4. The number of likely N-dealkylation sites (N-methyl/N-ethyl adjacent to an activating group) is 2. The Kier molecular flexibility index (Phi) is 26.4. The van der Waals surface area contributed by atoms with Crippen molar-refractivity contribution in [2.24, 2.45) is 0 Å². The van der Waals surface area contributed by atoms with Crippen molar-refractivity contribution in [3.8, 4) is 0 Å². The van der Waals surface area contributed by atoms with Crippen molar-refractivity contribution in [2.45, 2.75) is 74.1 Å². The van der Waals surface area contributed by atoms with Gasteiger partial charge in [-0.1, -0.05) is 40.5 Å². The predicted molar refractivity (Wildman–Crippen MR) is 108 cm³/mol. The van der Waals surface area contributed by atoms with E-state index in [1.165, 1.54) is 76.0 Å². The molecule has 23 heavy (non-hydrogen) atoms. The van der Waals surface area contributed by atoms with Crippen LogP contribution in [0.5, 0.6) is 0 Å². The number of hydrogen-bond acceptors (Lipinski definition) is 1. The van der Waals surface area contributed by atoms with E-state index in [0.717, 1.165) is 0 Å². The molecule has 0 aromatic heterocycles. The first-order valence-corrected chi connectivity index (χ1v) is 10.3. The highest BCUT2D eigenvalue weighted by Gasteiger charge is 2.20. The summed E-state index contributed by atoms with van der Waals surface area (Å²) in [5, 5.41) is 2.18. The number of nitrogens with two attached hydrogens (primary N) is 1. The molecule has 0 saturated carbocycles. The molecule has 0 atom stereocenters. The van der Waals surface area contributed by atoms with Crippen LogP contribution in [-0.2, 0) is 0 Å². The van der Waals surface area contributed by atoms with E-state index in [2.05, 4.69) is 72.8 Å². The quantitative estimate of drug-likeness (QED) is 0.573. The van der Waals surface area contributed by atoms with Gasteiger partial charge >= 0.3 is 0 Å². The van der Waals surface area contributed by atoms with E-state index in [9.17, 15) is 0 Å². The van der Waals surface area contributed by atoms with E-state index in [4.69, 9.17) is 0 Å². The van der Waals surface area contributed by atoms with Crippen LogP contribution in [0, 0.1) is 0 Å². The Bertz CT molecular complexity index is 179. The van der Waals surface area contributed by atoms with E-state index in [0.29, 0.717) is 0 Å². The Morgan fingerprint density at radius 1 is 0.696 bits per heavy atom. The standard InChI is InChI=1S/C12H29N2.C4H11N.C4H10/c1-6-10-13(5)11-12-14(7-2,8-3)9-4;1-3-4-5-2;1-3-4-2/h6-12H2,1-5H3;5H,3-4H2,1-2H3;3-4H2,1-2H3/q+1;;/p+1. The fourth-order valence-electron chi connectivity index (χ4n) is 2.31. The molecule has 0 aliphatic carbocycles. The first-order valence-electron chi connectivity index (χ1n) is 10.3. The largest absolute Gasteiger partial charge is 0.349 e. The molecule has 3 heteroatoms. The topological polar surface area (TPSA) is 19.9 Å². The smallest absolute Gasteiger partial charge is 0.0915 e. The average molecular weight is 334 g/mol. The molecule has 0 fully saturated rings. The lowest BCUT2D eigenvalue weighted by Crippen LogP contribution is -2.79. The number of rotatable bonds is 11. The number of unbranched alkanes of at least 4 members (excludes halogenated alkanes) is 1. The van der Waals surface area contributed by atoms with Crippen LogP contribution in [0.4, 0.5) is 0 Å². The number of hydrogen-bond donors (Lipinski definition) is 1. The molecule has 0 saturated heterocycles. The summed E-state index contributed by atoms with van der Waals surface area (Å²) in [6, 6.07) is 0. The summed E-state index contributed by atoms with van der Waals surface area (Å²) < 4.78 is 1.27. The molecule has 0 radical (unpaired) electrons. The molecule has 0 unspecified atom stereocenters. The molecule has 0 aromatic carbocycles. The fourth-order valence-corrected chi connectivity index (χ4v) is 2.31. The molecular formula is C20H51N3+2. The zero-order valence-electron chi connectivity index (χ0n) is 18.2. The van der Waals surface area contributed by atoms with E-state index >= 15 is 0 Å². The zero-order valence-corrected chi connectivity index (χ0v) is 18.2. The van der Waals surface area contributed by atoms with Gasteiger partial charge in [0.2, 0.25) is 0 Å². The molecule has 0 amide bonds. The summed E-state index contributed by atoms with van der Waals surface area (Å²) in [5.74, 6) is 0. The highest BCUT2D eigenvalue weighted by Crippen LogP contribution is 2.05. The fraction of sp³-hybridized carbons (Fsp3) is 1.00. The van der Waals surface area contributed by atoms with Crippen molar-refractivity contribution < 1.29 is 9.80 Å². The maximum Gasteiger partial charge on any atom is 0.0915 e. The highest BCUT2D eigenvalue weighted by molar-refractivity contribution is 4.50. The van der Waals surface area contributed by atoms with Crippen LogP contribution in [-0.4, -0.2) is 69.3 Å². The lowest BCUT2D eigenvalue weighted by molar-refractivity contribution is -0.922. The number of nitrogens with zero attached hydrogens (tertiary/aromatic N) is 2. The summed E-state index contributed by atoms with van der Waals surface area (Å²) in [5.41, 5.74) is 0. The Labute approximate surface area is 149 Å². The number of quaternary nitrogens is 2. The molecular weight excluding hydrogens is 282 g/mol. The summed E-state index contributed by atoms with van der Waals surface area (Å²) in [6.45, 7) is 24.6. The van der Waals surface area contributed by atoms with Crippen LogP contribution in [0.15, 0.2) is 0 Å². The second-order valence-electron chi connectivity index (χ2n) is 6.51. The minimum atomic E-state index is 1.23. The molecule has 3 nitrogen and oxygen atoms in total. The van der Waals surface area contributed by atoms with Crippen molar-refractivity contribution in [3.63, 3.8) is 0 Å². The third kappa shape index (κ3) is 19.8. The Morgan fingerprint density at radius 3 is 1.39 bits per heavy atom. The summed E-state index contributed by atoms with van der Waals surface area (Å²) >= 11 is 0. The first kappa shape index (κ1) is 27.7. The molecule has 0 bridgehead atoms. The molecule has 0 aliphatic rings. The van der Waals surface area contributed by atoms with Gasteiger partial charge in [0.15, 0.2) is 0 Å². The summed E-state index contributed by atoms with van der Waals surface area (Å²) in [7, 11) is 4.32. The molecule has 0 rings (SSSR count). The Hall–Kier alpha value is -0.120. The van der Waals surface area contributed by atoms with Crippen molar-refractivity contribution >= 4 is 0 Å². The van der Waals surface area contributed by atoms with Gasteiger partial charge in [0.25, 0.3) is 0 Å². The lowest BCUT2D eigenvalue weighted by atomic mass is 10.3. The minimum Gasteiger partial charge on any atom is -0.349 e. The Morgan fingerprint density at radius 2 is 1.17 bits per heavy atom.